The van der Waals surface area contributed by atoms with Gasteiger partial charge in [0.2, 0.25) is 6.79 Å². The molecular weight excluding hydrogens is 268 g/mol. The normalized spacial score (nSPS) is 15.9. The summed E-state index contributed by atoms with van der Waals surface area (Å²) in [6, 6.07) is 7.66. The molecule has 2 aliphatic rings. The summed E-state index contributed by atoms with van der Waals surface area (Å²) in [7, 11) is 1.86. The molecule has 1 saturated carbocycles. The number of rotatable bonds is 4. The molecule has 2 N–H and O–H groups in total. The van der Waals surface area contributed by atoms with Gasteiger partial charge in [-0.15, -0.1) is 0 Å². The predicted octanol–water partition coefficient (Wildman–Crippen LogP) is 2.87. The number of hydrogen-bond donors (Lipinski definition) is 2. The van der Waals surface area contributed by atoms with Crippen molar-refractivity contribution in [2.45, 2.75) is 18.8 Å². The quantitative estimate of drug-likeness (QED) is 0.899. The average Bonchev–Trinajstić information content (AvgIpc) is 3.25. The van der Waals surface area contributed by atoms with E-state index in [1.54, 1.807) is 0 Å². The smallest absolute Gasteiger partial charge is 0.231 e. The Kier molecular flexibility index (Phi) is 2.80. The minimum Gasteiger partial charge on any atom is -0.454 e. The first-order valence-electron chi connectivity index (χ1n) is 7.05. The monoisotopic (exact) mass is 284 g/mol. The maximum Gasteiger partial charge on any atom is 0.231 e. The molecule has 1 aliphatic carbocycles. The molecule has 0 bridgehead atoms. The predicted molar refractivity (Wildman–Crippen MR) is 79.4 cm³/mol. The van der Waals surface area contributed by atoms with E-state index >= 15 is 0 Å². The van der Waals surface area contributed by atoms with Gasteiger partial charge in [0.15, 0.2) is 11.5 Å². The number of fused-ring (bicyclic) bond motifs is 1. The van der Waals surface area contributed by atoms with E-state index in [1.165, 1.54) is 12.8 Å². The molecule has 0 unspecified atom stereocenters. The summed E-state index contributed by atoms with van der Waals surface area (Å²) in [6.07, 6.45) is 2.35. The highest BCUT2D eigenvalue weighted by molar-refractivity contribution is 5.63. The van der Waals surface area contributed by atoms with Crippen LogP contribution in [0.5, 0.6) is 11.5 Å². The fraction of sp³-hybridized carbons (Fsp3) is 0.333. The topological polar surface area (TPSA) is 68.3 Å². The number of anilines is 3. The van der Waals surface area contributed by atoms with Crippen molar-refractivity contribution in [3.63, 3.8) is 0 Å². The lowest BCUT2D eigenvalue weighted by atomic mass is 10.2. The van der Waals surface area contributed by atoms with Crippen molar-refractivity contribution < 1.29 is 9.47 Å². The second kappa shape index (κ2) is 4.80. The number of hydrogen-bond acceptors (Lipinski definition) is 6. The van der Waals surface area contributed by atoms with Gasteiger partial charge in [-0.3, -0.25) is 0 Å². The van der Waals surface area contributed by atoms with E-state index in [0.29, 0.717) is 5.92 Å². The van der Waals surface area contributed by atoms with Gasteiger partial charge in [0.05, 0.1) is 0 Å². The molecule has 4 rings (SSSR count). The summed E-state index contributed by atoms with van der Waals surface area (Å²) in [5.74, 6) is 4.56. The van der Waals surface area contributed by atoms with Gasteiger partial charge in [0.25, 0.3) is 0 Å². The van der Waals surface area contributed by atoms with E-state index in [1.807, 2.05) is 31.3 Å². The fourth-order valence-electron chi connectivity index (χ4n) is 2.30. The van der Waals surface area contributed by atoms with Crippen LogP contribution in [0, 0.1) is 0 Å². The minimum atomic E-state index is 0.280. The summed E-state index contributed by atoms with van der Waals surface area (Å²) >= 11 is 0. The molecule has 6 nitrogen and oxygen atoms in total. The number of nitrogens with one attached hydrogen (secondary N) is 2. The van der Waals surface area contributed by atoms with Crippen molar-refractivity contribution in [3.05, 3.63) is 30.1 Å². The lowest BCUT2D eigenvalue weighted by Gasteiger charge is -2.10. The number of aromatic nitrogens is 2. The van der Waals surface area contributed by atoms with Gasteiger partial charge in [-0.2, -0.15) is 0 Å². The molecule has 0 saturated heterocycles. The van der Waals surface area contributed by atoms with E-state index in [9.17, 15) is 0 Å². The first-order valence-corrected chi connectivity index (χ1v) is 7.05. The number of nitrogens with zero attached hydrogens (tertiary/aromatic N) is 2. The molecule has 0 spiro atoms. The molecule has 108 valence electrons. The van der Waals surface area contributed by atoms with Crippen LogP contribution in [0.25, 0.3) is 0 Å². The minimum absolute atomic E-state index is 0.280. The summed E-state index contributed by atoms with van der Waals surface area (Å²) in [6.45, 7) is 0.280. The van der Waals surface area contributed by atoms with Gasteiger partial charge in [0, 0.05) is 30.8 Å². The van der Waals surface area contributed by atoms with E-state index in [0.717, 1.165) is 34.6 Å². The maximum absolute atomic E-state index is 5.39. The van der Waals surface area contributed by atoms with Crippen LogP contribution in [0.2, 0.25) is 0 Å². The number of ether oxygens (including phenoxy) is 2. The molecule has 6 heteroatoms. The molecule has 1 aliphatic heterocycles. The Bertz CT molecular complexity index is 685. The zero-order valence-corrected chi connectivity index (χ0v) is 11.7. The Labute approximate surface area is 122 Å². The highest BCUT2D eigenvalue weighted by atomic mass is 16.7. The summed E-state index contributed by atoms with van der Waals surface area (Å²) in [5, 5.41) is 6.39. The Morgan fingerprint density at radius 3 is 2.67 bits per heavy atom. The lowest BCUT2D eigenvalue weighted by Crippen LogP contribution is -2.03. The van der Waals surface area contributed by atoms with Crippen LogP contribution in [0.1, 0.15) is 24.6 Å². The summed E-state index contributed by atoms with van der Waals surface area (Å²) < 4.78 is 10.7. The standard InChI is InChI=1S/C15H16N4O2/c1-16-13-7-14(19-15(18-13)9-2-3-9)17-10-4-5-11-12(6-10)21-8-20-11/h4-7,9H,2-3,8H2,1H3,(H2,16,17,18,19). The highest BCUT2D eigenvalue weighted by Crippen LogP contribution is 2.39. The molecule has 0 amide bonds. The molecule has 0 atom stereocenters. The summed E-state index contributed by atoms with van der Waals surface area (Å²) in [4.78, 5) is 9.10. The van der Waals surface area contributed by atoms with Crippen LogP contribution < -0.4 is 20.1 Å². The first-order chi connectivity index (χ1) is 10.3. The number of benzene rings is 1. The molecule has 1 aromatic heterocycles. The van der Waals surface area contributed by atoms with Crippen LogP contribution in [0.3, 0.4) is 0 Å². The second-order valence-corrected chi connectivity index (χ2v) is 5.21. The van der Waals surface area contributed by atoms with Crippen LogP contribution in [0.15, 0.2) is 24.3 Å². The molecule has 2 heterocycles. The van der Waals surface area contributed by atoms with Gasteiger partial charge in [-0.1, -0.05) is 0 Å². The maximum atomic E-state index is 5.39. The Hall–Kier alpha value is -2.50. The van der Waals surface area contributed by atoms with Gasteiger partial charge in [-0.25, -0.2) is 9.97 Å². The van der Waals surface area contributed by atoms with Crippen molar-refractivity contribution in [1.82, 2.24) is 9.97 Å². The van der Waals surface area contributed by atoms with Crippen LogP contribution in [-0.2, 0) is 0 Å². The van der Waals surface area contributed by atoms with Crippen molar-refractivity contribution >= 4 is 17.3 Å². The molecular formula is C15H16N4O2. The zero-order chi connectivity index (χ0) is 14.2. The lowest BCUT2D eigenvalue weighted by molar-refractivity contribution is 0.174. The third-order valence-electron chi connectivity index (χ3n) is 3.59. The molecule has 0 radical (unpaired) electrons. The first kappa shape index (κ1) is 12.3. The van der Waals surface area contributed by atoms with E-state index < -0.39 is 0 Å². The van der Waals surface area contributed by atoms with Crippen LogP contribution in [0.4, 0.5) is 17.3 Å². The van der Waals surface area contributed by atoms with Crippen molar-refractivity contribution in [3.8, 4) is 11.5 Å². The molecule has 1 aromatic carbocycles. The van der Waals surface area contributed by atoms with Crippen LogP contribution >= 0.6 is 0 Å². The highest BCUT2D eigenvalue weighted by Gasteiger charge is 2.27. The van der Waals surface area contributed by atoms with Crippen molar-refractivity contribution in [2.75, 3.05) is 24.5 Å². The largest absolute Gasteiger partial charge is 0.454 e. The third-order valence-corrected chi connectivity index (χ3v) is 3.59. The summed E-state index contributed by atoms with van der Waals surface area (Å²) in [5.41, 5.74) is 0.918. The van der Waals surface area contributed by atoms with E-state index in [4.69, 9.17) is 9.47 Å². The second-order valence-electron chi connectivity index (χ2n) is 5.21. The zero-order valence-electron chi connectivity index (χ0n) is 11.7. The fourth-order valence-corrected chi connectivity index (χ4v) is 2.30. The van der Waals surface area contributed by atoms with Gasteiger partial charge in [-0.05, 0) is 25.0 Å². The molecule has 21 heavy (non-hydrogen) atoms. The molecule has 1 fully saturated rings. The van der Waals surface area contributed by atoms with Gasteiger partial charge in [0.1, 0.15) is 17.5 Å². The third kappa shape index (κ3) is 2.44. The Balaban J connectivity index is 1.62. The van der Waals surface area contributed by atoms with Crippen molar-refractivity contribution in [2.24, 2.45) is 0 Å². The molecule has 2 aromatic rings. The van der Waals surface area contributed by atoms with Gasteiger partial charge >= 0.3 is 0 Å². The SMILES string of the molecule is CNc1cc(Nc2ccc3c(c2)OCO3)nc(C2CC2)n1. The Morgan fingerprint density at radius 1 is 1.05 bits per heavy atom. The Morgan fingerprint density at radius 2 is 1.86 bits per heavy atom. The van der Waals surface area contributed by atoms with Crippen LogP contribution in [-0.4, -0.2) is 23.8 Å². The van der Waals surface area contributed by atoms with E-state index in [2.05, 4.69) is 20.6 Å². The van der Waals surface area contributed by atoms with Crippen molar-refractivity contribution in [1.29, 1.82) is 0 Å². The van der Waals surface area contributed by atoms with E-state index in [-0.39, 0.29) is 6.79 Å². The average molecular weight is 284 g/mol. The van der Waals surface area contributed by atoms with Gasteiger partial charge < -0.3 is 20.1 Å².